The van der Waals surface area contributed by atoms with Gasteiger partial charge in [-0.1, -0.05) is 41.2 Å². The molecule has 162 valence electrons. The number of nitrogens with one attached hydrogen (secondary N) is 1. The highest BCUT2D eigenvalue weighted by molar-refractivity contribution is 6.01. The van der Waals surface area contributed by atoms with Crippen LogP contribution in [0.4, 0.5) is 4.79 Å². The van der Waals surface area contributed by atoms with Gasteiger partial charge in [0.05, 0.1) is 25.7 Å². The summed E-state index contributed by atoms with van der Waals surface area (Å²) in [6, 6.07) is -0.567. The fraction of sp³-hybridized carbons (Fsp3) is 0.750. The van der Waals surface area contributed by atoms with Gasteiger partial charge in [-0.25, -0.2) is 9.59 Å². The number of carboxylic acids is 1. The molecule has 8 heteroatoms. The number of nitrogens with zero attached hydrogens (tertiary/aromatic N) is 1. The highest BCUT2D eigenvalue weighted by Gasteiger charge is 2.35. The Balaban J connectivity index is 5.27. The average molecular weight is 401 g/mol. The van der Waals surface area contributed by atoms with Gasteiger partial charge in [-0.15, -0.1) is 0 Å². The average Bonchev–Trinajstić information content (AvgIpc) is 2.58. The van der Waals surface area contributed by atoms with Crippen LogP contribution in [-0.4, -0.2) is 67.9 Å². The zero-order valence-corrected chi connectivity index (χ0v) is 18.0. The molecular formula is C20H36N2O6. The van der Waals surface area contributed by atoms with Crippen molar-refractivity contribution in [3.05, 3.63) is 12.2 Å². The van der Waals surface area contributed by atoms with E-state index in [1.165, 1.54) is 0 Å². The van der Waals surface area contributed by atoms with Gasteiger partial charge in [-0.05, 0) is 17.8 Å². The molecule has 0 bridgehead atoms. The molecule has 1 atom stereocenters. The fourth-order valence-electron chi connectivity index (χ4n) is 2.49. The first-order valence-corrected chi connectivity index (χ1v) is 9.48. The first kappa shape index (κ1) is 26.1. The van der Waals surface area contributed by atoms with E-state index in [2.05, 4.69) is 11.9 Å². The minimum Gasteiger partial charge on any atom is -0.478 e. The van der Waals surface area contributed by atoms with Crippen molar-refractivity contribution in [2.24, 2.45) is 17.3 Å². The Kier molecular flexibility index (Phi) is 11.7. The van der Waals surface area contributed by atoms with Crippen LogP contribution in [0.2, 0.25) is 0 Å². The third-order valence-electron chi connectivity index (χ3n) is 3.80. The maximum absolute atomic E-state index is 13.1. The summed E-state index contributed by atoms with van der Waals surface area (Å²) in [6.45, 7) is 14.6. The zero-order chi connectivity index (χ0) is 21.9. The van der Waals surface area contributed by atoms with Gasteiger partial charge < -0.3 is 19.9 Å². The van der Waals surface area contributed by atoms with Crippen LogP contribution in [0.3, 0.4) is 0 Å². The molecule has 0 aliphatic rings. The summed E-state index contributed by atoms with van der Waals surface area (Å²) < 4.78 is 10.2. The molecular weight excluding hydrogens is 364 g/mol. The van der Waals surface area contributed by atoms with E-state index in [4.69, 9.17) is 9.47 Å². The second-order valence-electron chi connectivity index (χ2n) is 8.33. The number of methoxy groups -OCH3 is 1. The summed E-state index contributed by atoms with van der Waals surface area (Å²) >= 11 is 0. The minimum absolute atomic E-state index is 0.0683. The summed E-state index contributed by atoms with van der Waals surface area (Å²) in [5.41, 5.74) is -0.553. The van der Waals surface area contributed by atoms with Crippen molar-refractivity contribution in [2.75, 3.05) is 40.0 Å². The van der Waals surface area contributed by atoms with Crippen LogP contribution in [0.15, 0.2) is 12.2 Å². The number of carboxylic acid groups (broad SMARTS) is 1. The Morgan fingerprint density at radius 3 is 2.21 bits per heavy atom. The van der Waals surface area contributed by atoms with Crippen LogP contribution < -0.4 is 5.32 Å². The number of carbonyl (C=O) groups is 3. The number of imide groups is 1. The van der Waals surface area contributed by atoms with E-state index in [1.807, 2.05) is 34.6 Å². The molecule has 0 aliphatic heterocycles. The maximum atomic E-state index is 13.1. The molecule has 0 spiro atoms. The van der Waals surface area contributed by atoms with Crippen LogP contribution >= 0.6 is 0 Å². The monoisotopic (exact) mass is 400 g/mol. The zero-order valence-electron chi connectivity index (χ0n) is 18.0. The Bertz CT molecular complexity index is 539. The number of ether oxygens (including phenoxy) is 2. The molecule has 0 saturated heterocycles. The van der Waals surface area contributed by atoms with Gasteiger partial charge in [0.1, 0.15) is 0 Å². The molecule has 0 aliphatic carbocycles. The molecule has 0 heterocycles. The van der Waals surface area contributed by atoms with Crippen LogP contribution in [0, 0.1) is 17.3 Å². The predicted molar refractivity (Wildman–Crippen MR) is 107 cm³/mol. The lowest BCUT2D eigenvalue weighted by Gasteiger charge is -2.32. The molecule has 2 N–H and O–H groups in total. The second-order valence-corrected chi connectivity index (χ2v) is 8.33. The van der Waals surface area contributed by atoms with Crippen LogP contribution in [0.1, 0.15) is 41.0 Å². The smallest absolute Gasteiger partial charge is 0.331 e. The highest BCUT2D eigenvalue weighted by Crippen LogP contribution is 2.24. The SMILES string of the molecule is C=C(C(=O)O)[C@@H](CC(C)C)C(=O)N(CC(C)(C)C)C(=O)NCCOCCOC. The summed E-state index contributed by atoms with van der Waals surface area (Å²) in [6.07, 6.45) is 0.304. The van der Waals surface area contributed by atoms with Crippen molar-refractivity contribution in [2.45, 2.75) is 41.0 Å². The molecule has 28 heavy (non-hydrogen) atoms. The van der Waals surface area contributed by atoms with Crippen molar-refractivity contribution < 1.29 is 29.0 Å². The summed E-state index contributed by atoms with van der Waals surface area (Å²) in [7, 11) is 1.57. The van der Waals surface area contributed by atoms with Crippen molar-refractivity contribution in [1.29, 1.82) is 0 Å². The van der Waals surface area contributed by atoms with E-state index in [0.717, 1.165) is 4.90 Å². The molecule has 0 fully saturated rings. The molecule has 3 amide bonds. The predicted octanol–water partition coefficient (Wildman–Crippen LogP) is 2.54. The first-order valence-electron chi connectivity index (χ1n) is 9.48. The van der Waals surface area contributed by atoms with Crippen LogP contribution in [-0.2, 0) is 19.1 Å². The van der Waals surface area contributed by atoms with E-state index in [0.29, 0.717) is 19.6 Å². The van der Waals surface area contributed by atoms with Crippen molar-refractivity contribution in [3.63, 3.8) is 0 Å². The van der Waals surface area contributed by atoms with E-state index >= 15 is 0 Å². The second kappa shape index (κ2) is 12.5. The number of amides is 3. The third kappa shape index (κ3) is 10.4. The number of urea groups is 1. The van der Waals surface area contributed by atoms with E-state index < -0.39 is 23.8 Å². The number of hydrogen-bond acceptors (Lipinski definition) is 5. The molecule has 8 nitrogen and oxygen atoms in total. The van der Waals surface area contributed by atoms with Crippen LogP contribution in [0.5, 0.6) is 0 Å². The van der Waals surface area contributed by atoms with Crippen LogP contribution in [0.25, 0.3) is 0 Å². The molecule has 0 aromatic rings. The molecule has 0 saturated carbocycles. The number of carbonyl (C=O) groups excluding carboxylic acids is 2. The number of hydrogen-bond donors (Lipinski definition) is 2. The summed E-state index contributed by atoms with van der Waals surface area (Å²) in [5.74, 6) is -2.67. The molecule has 0 aromatic heterocycles. The maximum Gasteiger partial charge on any atom is 0.331 e. The third-order valence-corrected chi connectivity index (χ3v) is 3.80. The summed E-state index contributed by atoms with van der Waals surface area (Å²) in [4.78, 5) is 38.3. The van der Waals surface area contributed by atoms with Gasteiger partial charge >= 0.3 is 12.0 Å². The lowest BCUT2D eigenvalue weighted by atomic mass is 9.88. The largest absolute Gasteiger partial charge is 0.478 e. The highest BCUT2D eigenvalue weighted by atomic mass is 16.5. The number of aliphatic carboxylic acids is 1. The lowest BCUT2D eigenvalue weighted by molar-refractivity contribution is -0.138. The lowest BCUT2D eigenvalue weighted by Crippen LogP contribution is -2.50. The molecule has 0 rings (SSSR count). The van der Waals surface area contributed by atoms with E-state index in [1.54, 1.807) is 7.11 Å². The Morgan fingerprint density at radius 1 is 1.14 bits per heavy atom. The van der Waals surface area contributed by atoms with Crippen molar-refractivity contribution >= 4 is 17.9 Å². The quantitative estimate of drug-likeness (QED) is 0.385. The topological polar surface area (TPSA) is 105 Å². The van der Waals surface area contributed by atoms with Gasteiger partial charge in [0.25, 0.3) is 0 Å². The van der Waals surface area contributed by atoms with E-state index in [-0.39, 0.29) is 36.6 Å². The Labute approximate surface area is 168 Å². The van der Waals surface area contributed by atoms with Gasteiger partial charge in [0.15, 0.2) is 0 Å². The normalized spacial score (nSPS) is 12.5. The first-order chi connectivity index (χ1) is 12.9. The molecule has 0 unspecified atom stereocenters. The van der Waals surface area contributed by atoms with Gasteiger partial charge in [0, 0.05) is 25.8 Å². The van der Waals surface area contributed by atoms with Crippen molar-refractivity contribution in [1.82, 2.24) is 10.2 Å². The molecule has 0 radical (unpaired) electrons. The number of rotatable bonds is 12. The Morgan fingerprint density at radius 2 is 1.75 bits per heavy atom. The standard InChI is InChI=1S/C20H36N2O6/c1-14(2)12-16(15(3)18(24)25)17(23)22(13-20(4,5)6)19(26)21-8-9-28-11-10-27-7/h14,16H,3,8-13H2,1-2,4-7H3,(H,21,26)(H,24,25)/t16-/m1/s1. The summed E-state index contributed by atoms with van der Waals surface area (Å²) in [5, 5.41) is 12.0. The Hall–Kier alpha value is -1.93. The van der Waals surface area contributed by atoms with Gasteiger partial charge in [0.2, 0.25) is 5.91 Å². The molecule has 0 aromatic carbocycles. The van der Waals surface area contributed by atoms with E-state index in [9.17, 15) is 19.5 Å². The fourth-order valence-corrected chi connectivity index (χ4v) is 2.49. The minimum atomic E-state index is -1.23. The van der Waals surface area contributed by atoms with Gasteiger partial charge in [-0.2, -0.15) is 0 Å². The van der Waals surface area contributed by atoms with Gasteiger partial charge in [-0.3, -0.25) is 9.69 Å². The van der Waals surface area contributed by atoms with Crippen molar-refractivity contribution in [3.8, 4) is 0 Å².